The molecule has 0 saturated heterocycles. The number of H-pyrrole nitrogens is 1. The van der Waals surface area contributed by atoms with Gasteiger partial charge in [0.1, 0.15) is 0 Å². The fourth-order valence-electron chi connectivity index (χ4n) is 3.50. The van der Waals surface area contributed by atoms with E-state index < -0.39 is 5.97 Å². The van der Waals surface area contributed by atoms with Gasteiger partial charge in [-0.05, 0) is 30.4 Å². The zero-order chi connectivity index (χ0) is 13.9. The molecular formula is C17H21NO2. The lowest BCUT2D eigenvalue weighted by Crippen LogP contribution is -2.12. The topological polar surface area (TPSA) is 53.1 Å². The number of hydrogen-bond acceptors (Lipinski definition) is 1. The number of carbonyl (C=O) groups is 1. The van der Waals surface area contributed by atoms with Gasteiger partial charge in [0.25, 0.3) is 0 Å². The molecular weight excluding hydrogens is 250 g/mol. The largest absolute Gasteiger partial charge is 0.481 e. The Balaban J connectivity index is 1.80. The number of carboxylic acid groups (broad SMARTS) is 1. The summed E-state index contributed by atoms with van der Waals surface area (Å²) in [5.74, 6) is -0.346. The predicted molar refractivity (Wildman–Crippen MR) is 79.9 cm³/mol. The fourth-order valence-corrected chi connectivity index (χ4v) is 3.50. The van der Waals surface area contributed by atoms with E-state index in [9.17, 15) is 9.90 Å². The number of carboxylic acids is 1. The molecule has 1 saturated carbocycles. The highest BCUT2D eigenvalue weighted by Crippen LogP contribution is 2.34. The molecule has 2 aromatic rings. The smallest absolute Gasteiger partial charge is 0.311 e. The Morgan fingerprint density at radius 1 is 1.30 bits per heavy atom. The normalized spacial score (nSPS) is 17.6. The summed E-state index contributed by atoms with van der Waals surface area (Å²) in [4.78, 5) is 14.8. The molecule has 1 aliphatic rings. The van der Waals surface area contributed by atoms with Crippen LogP contribution in [0.15, 0.2) is 30.5 Å². The first-order valence-corrected chi connectivity index (χ1v) is 7.54. The van der Waals surface area contributed by atoms with Crippen molar-refractivity contribution in [2.24, 2.45) is 5.92 Å². The molecule has 20 heavy (non-hydrogen) atoms. The molecule has 0 amide bonds. The van der Waals surface area contributed by atoms with E-state index in [1.165, 1.54) is 25.7 Å². The van der Waals surface area contributed by atoms with Crippen LogP contribution in [-0.4, -0.2) is 16.1 Å². The van der Waals surface area contributed by atoms with Crippen LogP contribution in [0.3, 0.4) is 0 Å². The number of benzene rings is 1. The molecule has 1 aromatic heterocycles. The van der Waals surface area contributed by atoms with Crippen molar-refractivity contribution in [3.8, 4) is 0 Å². The molecule has 1 heterocycles. The van der Waals surface area contributed by atoms with E-state index in [4.69, 9.17) is 0 Å². The number of aromatic amines is 1. The summed E-state index contributed by atoms with van der Waals surface area (Å²) in [5.41, 5.74) is 1.96. The van der Waals surface area contributed by atoms with Crippen LogP contribution in [0, 0.1) is 5.92 Å². The Hall–Kier alpha value is -1.77. The van der Waals surface area contributed by atoms with Crippen molar-refractivity contribution in [1.82, 2.24) is 4.98 Å². The van der Waals surface area contributed by atoms with Gasteiger partial charge in [0, 0.05) is 17.1 Å². The summed E-state index contributed by atoms with van der Waals surface area (Å²) < 4.78 is 0. The van der Waals surface area contributed by atoms with Crippen molar-refractivity contribution in [3.63, 3.8) is 0 Å². The van der Waals surface area contributed by atoms with Gasteiger partial charge < -0.3 is 10.1 Å². The molecule has 1 fully saturated rings. The summed E-state index contributed by atoms with van der Waals surface area (Å²) in [7, 11) is 0. The molecule has 1 unspecified atom stereocenters. The number of fused-ring (bicyclic) bond motifs is 1. The SMILES string of the molecule is O=C(O)C(CCC1CCCC1)c1c[nH]c2ccccc12. The molecule has 0 bridgehead atoms. The van der Waals surface area contributed by atoms with E-state index in [0.29, 0.717) is 0 Å². The monoisotopic (exact) mass is 271 g/mol. The van der Waals surface area contributed by atoms with Crippen molar-refractivity contribution in [2.75, 3.05) is 0 Å². The van der Waals surface area contributed by atoms with E-state index in [2.05, 4.69) is 4.98 Å². The number of aromatic nitrogens is 1. The first-order valence-electron chi connectivity index (χ1n) is 7.54. The van der Waals surface area contributed by atoms with Crippen molar-refractivity contribution >= 4 is 16.9 Å². The third-order valence-electron chi connectivity index (χ3n) is 4.63. The highest BCUT2D eigenvalue weighted by atomic mass is 16.4. The lowest BCUT2D eigenvalue weighted by Gasteiger charge is -2.14. The van der Waals surface area contributed by atoms with E-state index in [-0.39, 0.29) is 5.92 Å². The third-order valence-corrected chi connectivity index (χ3v) is 4.63. The Morgan fingerprint density at radius 3 is 2.80 bits per heavy atom. The van der Waals surface area contributed by atoms with E-state index >= 15 is 0 Å². The van der Waals surface area contributed by atoms with Gasteiger partial charge in [-0.2, -0.15) is 0 Å². The summed E-state index contributed by atoms with van der Waals surface area (Å²) in [6.07, 6.45) is 8.85. The van der Waals surface area contributed by atoms with Gasteiger partial charge in [-0.3, -0.25) is 4.79 Å². The van der Waals surface area contributed by atoms with Crippen LogP contribution >= 0.6 is 0 Å². The van der Waals surface area contributed by atoms with Crippen LogP contribution in [-0.2, 0) is 4.79 Å². The highest BCUT2D eigenvalue weighted by Gasteiger charge is 2.25. The number of nitrogens with one attached hydrogen (secondary N) is 1. The predicted octanol–water partition coefficient (Wildman–Crippen LogP) is 4.31. The number of rotatable bonds is 5. The van der Waals surface area contributed by atoms with Crippen molar-refractivity contribution in [3.05, 3.63) is 36.0 Å². The molecule has 3 nitrogen and oxygen atoms in total. The van der Waals surface area contributed by atoms with Gasteiger partial charge in [-0.25, -0.2) is 0 Å². The minimum absolute atomic E-state index is 0.383. The molecule has 1 atom stereocenters. The van der Waals surface area contributed by atoms with Crippen molar-refractivity contribution in [2.45, 2.75) is 44.4 Å². The second kappa shape index (κ2) is 5.70. The number of para-hydroxylation sites is 1. The molecule has 1 aliphatic carbocycles. The van der Waals surface area contributed by atoms with Gasteiger partial charge in [0.2, 0.25) is 0 Å². The first-order chi connectivity index (χ1) is 9.75. The highest BCUT2D eigenvalue weighted by molar-refractivity contribution is 5.89. The standard InChI is InChI=1S/C17H21NO2/c19-17(20)14(10-9-12-5-1-2-6-12)15-11-18-16-8-4-3-7-13(15)16/h3-4,7-8,11-12,14,18H,1-2,5-6,9-10H2,(H,19,20). The van der Waals surface area contributed by atoms with E-state index in [0.717, 1.165) is 35.2 Å². The maximum Gasteiger partial charge on any atom is 0.311 e. The summed E-state index contributed by atoms with van der Waals surface area (Å²) in [6.45, 7) is 0. The number of hydrogen-bond donors (Lipinski definition) is 2. The summed E-state index contributed by atoms with van der Waals surface area (Å²) in [5, 5.41) is 10.6. The minimum atomic E-state index is -0.701. The van der Waals surface area contributed by atoms with Crippen LogP contribution < -0.4 is 0 Å². The molecule has 106 valence electrons. The van der Waals surface area contributed by atoms with Gasteiger partial charge >= 0.3 is 5.97 Å². The summed E-state index contributed by atoms with van der Waals surface area (Å²) >= 11 is 0. The average Bonchev–Trinajstić information content (AvgIpc) is 3.08. The molecule has 0 radical (unpaired) electrons. The van der Waals surface area contributed by atoms with Gasteiger partial charge in [0.15, 0.2) is 0 Å². The zero-order valence-corrected chi connectivity index (χ0v) is 11.6. The maximum absolute atomic E-state index is 11.6. The van der Waals surface area contributed by atoms with Crippen LogP contribution in [0.2, 0.25) is 0 Å². The Kier molecular flexibility index (Phi) is 3.77. The van der Waals surface area contributed by atoms with Crippen molar-refractivity contribution in [1.29, 1.82) is 0 Å². The molecule has 0 aliphatic heterocycles. The van der Waals surface area contributed by atoms with Crippen molar-refractivity contribution < 1.29 is 9.90 Å². The van der Waals surface area contributed by atoms with Crippen LogP contribution in [0.25, 0.3) is 10.9 Å². The fraction of sp³-hybridized carbons (Fsp3) is 0.471. The lowest BCUT2D eigenvalue weighted by molar-refractivity contribution is -0.139. The van der Waals surface area contributed by atoms with Crippen LogP contribution in [0.4, 0.5) is 0 Å². The zero-order valence-electron chi connectivity index (χ0n) is 11.6. The quantitative estimate of drug-likeness (QED) is 0.851. The lowest BCUT2D eigenvalue weighted by atomic mass is 9.89. The average molecular weight is 271 g/mol. The second-order valence-electron chi connectivity index (χ2n) is 5.91. The molecule has 3 rings (SSSR count). The molecule has 0 spiro atoms. The Bertz CT molecular complexity index is 596. The molecule has 2 N–H and O–H groups in total. The van der Waals surface area contributed by atoms with E-state index in [1.54, 1.807) is 0 Å². The van der Waals surface area contributed by atoms with Crippen LogP contribution in [0.1, 0.15) is 50.0 Å². The summed E-state index contributed by atoms with van der Waals surface area (Å²) in [6, 6.07) is 7.94. The van der Waals surface area contributed by atoms with Crippen LogP contribution in [0.5, 0.6) is 0 Å². The number of aliphatic carboxylic acids is 1. The Morgan fingerprint density at radius 2 is 2.05 bits per heavy atom. The first kappa shape index (κ1) is 13.2. The third kappa shape index (κ3) is 2.58. The van der Waals surface area contributed by atoms with Gasteiger partial charge in [-0.1, -0.05) is 43.9 Å². The second-order valence-corrected chi connectivity index (χ2v) is 5.91. The molecule has 1 aromatic carbocycles. The molecule has 3 heteroatoms. The van der Waals surface area contributed by atoms with Gasteiger partial charge in [0.05, 0.1) is 5.92 Å². The van der Waals surface area contributed by atoms with Gasteiger partial charge in [-0.15, -0.1) is 0 Å². The minimum Gasteiger partial charge on any atom is -0.481 e. The maximum atomic E-state index is 11.6. The Labute approximate surface area is 119 Å². The van der Waals surface area contributed by atoms with E-state index in [1.807, 2.05) is 30.5 Å².